The van der Waals surface area contributed by atoms with Crippen LogP contribution in [0.2, 0.25) is 0 Å². The summed E-state index contributed by atoms with van der Waals surface area (Å²) < 4.78 is 0. The number of halogens is 1. The minimum Gasteiger partial charge on any atom is -0.506 e. The molecular formula is C45H40ClN7O5. The number of allylic oxidation sites excluding steroid dienone is 2. The highest BCUT2D eigenvalue weighted by atomic mass is 35.5. The molecule has 7 aromatic rings. The van der Waals surface area contributed by atoms with E-state index in [1.807, 2.05) is 38.4 Å². The lowest BCUT2D eigenvalue weighted by Gasteiger charge is -2.25. The number of likely N-dealkylation sites (tertiary alicyclic amines) is 1. The Morgan fingerprint density at radius 3 is 2.24 bits per heavy atom. The number of nitrogens with one attached hydrogen (secondary N) is 6. The zero-order valence-electron chi connectivity index (χ0n) is 32.0. The lowest BCUT2D eigenvalue weighted by molar-refractivity contribution is 0.0812. The van der Waals surface area contributed by atoms with Crippen molar-refractivity contribution >= 4 is 79.2 Å². The van der Waals surface area contributed by atoms with Gasteiger partial charge in [-0.1, -0.05) is 13.3 Å². The molecule has 3 aliphatic rings. The first kappa shape index (κ1) is 35.9. The normalized spacial score (nSPS) is 19.8. The summed E-state index contributed by atoms with van der Waals surface area (Å²) in [6.07, 6.45) is 6.74. The number of hydrogen-bond acceptors (Lipinski definition) is 5. The number of hydrogen-bond donors (Lipinski definition) is 7. The number of fused-ring (bicyclic) bond motifs is 8. The molecule has 1 fully saturated rings. The number of ketones is 2. The number of benzene rings is 3. The molecule has 1 aliphatic heterocycles. The van der Waals surface area contributed by atoms with Gasteiger partial charge in [0.15, 0.2) is 5.78 Å². The number of alkyl halides is 1. The Labute approximate surface area is 337 Å². The molecule has 0 saturated carbocycles. The van der Waals surface area contributed by atoms with Gasteiger partial charge in [0.25, 0.3) is 5.91 Å². The highest BCUT2D eigenvalue weighted by molar-refractivity contribution is 6.19. The van der Waals surface area contributed by atoms with Crippen LogP contribution in [0.3, 0.4) is 0 Å². The zero-order valence-corrected chi connectivity index (χ0v) is 32.7. The van der Waals surface area contributed by atoms with Gasteiger partial charge in [0.2, 0.25) is 5.78 Å². The number of urea groups is 1. The number of phenols is 1. The minimum absolute atomic E-state index is 0.0224. The summed E-state index contributed by atoms with van der Waals surface area (Å²) in [6, 6.07) is 15.6. The molecule has 7 N–H and O–H groups in total. The largest absolute Gasteiger partial charge is 0.506 e. The van der Waals surface area contributed by atoms with E-state index in [1.165, 1.54) is 0 Å². The van der Waals surface area contributed by atoms with Crippen molar-refractivity contribution in [1.29, 1.82) is 0 Å². The van der Waals surface area contributed by atoms with Crippen molar-refractivity contribution in [3.05, 3.63) is 124 Å². The molecule has 2 aliphatic carbocycles. The Kier molecular flexibility index (Phi) is 8.20. The molecule has 2 unspecified atom stereocenters. The zero-order chi connectivity index (χ0) is 40.1. The summed E-state index contributed by atoms with van der Waals surface area (Å²) >= 11 is 6.43. The van der Waals surface area contributed by atoms with Crippen LogP contribution in [0, 0.1) is 19.8 Å². The SMILES string of the molecule is CC[C@@H]1CN(C(=O)c2cc3cc(NC(=O)Nc4ccc5[nH]c(C(=O)C6C[C@@H](CCl)c7c6cc(O)c6[nH]cc(C)c76)cc5c4)ccc3[nH]2)C2=CC(=O)c3[nH]cc(C)c3C21. The Hall–Kier alpha value is -6.53. The van der Waals surface area contributed by atoms with Crippen LogP contribution in [0.15, 0.2) is 78.8 Å². The number of anilines is 2. The van der Waals surface area contributed by atoms with Crippen LogP contribution < -0.4 is 10.6 Å². The molecule has 0 spiro atoms. The Bertz CT molecular complexity index is 2950. The molecule has 292 valence electrons. The number of aromatic nitrogens is 4. The maximum Gasteiger partial charge on any atom is 0.323 e. The van der Waals surface area contributed by atoms with Gasteiger partial charge in [0.05, 0.1) is 16.9 Å². The molecule has 0 radical (unpaired) electrons. The minimum atomic E-state index is -0.468. The number of phenolic OH excluding ortho intramolecular Hbond substituents is 1. The summed E-state index contributed by atoms with van der Waals surface area (Å²) in [5.41, 5.74) is 10.2. The molecule has 0 bridgehead atoms. The highest BCUT2D eigenvalue weighted by Gasteiger charge is 2.45. The van der Waals surface area contributed by atoms with Crippen molar-refractivity contribution in [2.24, 2.45) is 5.92 Å². The van der Waals surface area contributed by atoms with E-state index < -0.39 is 11.9 Å². The second-order valence-corrected chi connectivity index (χ2v) is 16.2. The monoisotopic (exact) mass is 793 g/mol. The summed E-state index contributed by atoms with van der Waals surface area (Å²) in [5.74, 6) is -0.265. The van der Waals surface area contributed by atoms with E-state index >= 15 is 0 Å². The fourth-order valence-corrected chi connectivity index (χ4v) is 10.0. The Morgan fingerprint density at radius 2 is 1.55 bits per heavy atom. The van der Waals surface area contributed by atoms with Crippen LogP contribution in [0.5, 0.6) is 5.75 Å². The van der Waals surface area contributed by atoms with Crippen LogP contribution >= 0.6 is 11.6 Å². The van der Waals surface area contributed by atoms with Gasteiger partial charge in [-0.15, -0.1) is 11.6 Å². The van der Waals surface area contributed by atoms with E-state index in [-0.39, 0.29) is 41.0 Å². The molecule has 1 saturated heterocycles. The lowest BCUT2D eigenvalue weighted by atomic mass is 9.80. The van der Waals surface area contributed by atoms with Crippen molar-refractivity contribution in [3.63, 3.8) is 0 Å². The summed E-state index contributed by atoms with van der Waals surface area (Å²) in [4.78, 5) is 68.8. The maximum absolute atomic E-state index is 14.0. The number of Topliss-reactive ketones (excluding diaryl/α,β-unsaturated/α-hetero) is 1. The number of aromatic amines is 4. The van der Waals surface area contributed by atoms with Crippen molar-refractivity contribution < 1.29 is 24.3 Å². The van der Waals surface area contributed by atoms with E-state index in [0.717, 1.165) is 67.1 Å². The first-order valence-corrected chi connectivity index (χ1v) is 20.1. The van der Waals surface area contributed by atoms with Crippen LogP contribution in [0.4, 0.5) is 16.2 Å². The molecule has 4 aromatic heterocycles. The fourth-order valence-electron chi connectivity index (χ4n) is 9.77. The second kappa shape index (κ2) is 13.3. The number of nitrogens with zero attached hydrogens (tertiary/aromatic N) is 1. The quantitative estimate of drug-likeness (QED) is 0.0627. The molecule has 4 atom stereocenters. The molecule has 3 amide bonds. The molecule has 3 aromatic carbocycles. The topological polar surface area (TPSA) is 179 Å². The number of aromatic hydroxyl groups is 1. The maximum atomic E-state index is 14.0. The number of H-pyrrole nitrogens is 4. The van der Waals surface area contributed by atoms with Gasteiger partial charge in [-0.05, 0) is 115 Å². The lowest BCUT2D eigenvalue weighted by Crippen LogP contribution is -2.29. The number of amides is 3. The van der Waals surface area contributed by atoms with Gasteiger partial charge < -0.3 is 40.6 Å². The van der Waals surface area contributed by atoms with Crippen molar-refractivity contribution in [2.75, 3.05) is 23.1 Å². The third kappa shape index (κ3) is 5.49. The average molecular weight is 794 g/mol. The van der Waals surface area contributed by atoms with E-state index in [4.69, 9.17) is 11.6 Å². The first-order valence-electron chi connectivity index (χ1n) is 19.5. The number of rotatable bonds is 7. The molecule has 13 heteroatoms. The molecule has 12 nitrogen and oxygen atoms in total. The fraction of sp³-hybridized carbons (Fsp3) is 0.244. The molecule has 5 heterocycles. The third-order valence-corrected chi connectivity index (χ3v) is 12.9. The molecule has 58 heavy (non-hydrogen) atoms. The second-order valence-electron chi connectivity index (χ2n) is 15.9. The molecule has 10 rings (SSSR count). The van der Waals surface area contributed by atoms with Crippen LogP contribution in [0.1, 0.15) is 96.8 Å². The number of aryl methyl sites for hydroxylation is 2. The van der Waals surface area contributed by atoms with Crippen molar-refractivity contribution in [2.45, 2.75) is 51.4 Å². The van der Waals surface area contributed by atoms with E-state index in [9.17, 15) is 24.3 Å². The number of carbonyl (C=O) groups is 4. The Morgan fingerprint density at radius 1 is 0.879 bits per heavy atom. The average Bonchev–Trinajstić information content (AvgIpc) is 4.06. The van der Waals surface area contributed by atoms with Crippen molar-refractivity contribution in [3.8, 4) is 5.75 Å². The van der Waals surface area contributed by atoms with Crippen LogP contribution in [-0.4, -0.2) is 65.9 Å². The standard InChI is InChI=1S/C45H40ClN7O5/c1-4-22-19-53(34-15-36(55)42-38(40(22)34)21(3)18-48-42)44(57)33-13-24-10-27(6-8-31(24)52-33)50-45(58)49-26-5-7-30-23(9-26)12-32(51-30)43(56)29-11-25(16-46)39-28(29)14-35(54)41-37(39)20(2)17-47-41/h5-10,12-15,17-18,22,25,29,40,47-48,51-52,54H,4,11,16,19H2,1-3H3,(H2,49,50,58)/t22-,25+,29?,40?/m1/s1. The predicted molar refractivity (Wildman–Crippen MR) is 225 cm³/mol. The Balaban J connectivity index is 0.840. The summed E-state index contributed by atoms with van der Waals surface area (Å²) in [7, 11) is 0. The van der Waals surface area contributed by atoms with Gasteiger partial charge in [0.1, 0.15) is 11.4 Å². The smallest absolute Gasteiger partial charge is 0.323 e. The van der Waals surface area contributed by atoms with Gasteiger partial charge >= 0.3 is 6.03 Å². The van der Waals surface area contributed by atoms with Crippen LogP contribution in [0.25, 0.3) is 32.7 Å². The van der Waals surface area contributed by atoms with Gasteiger partial charge in [-0.2, -0.15) is 0 Å². The van der Waals surface area contributed by atoms with Gasteiger partial charge in [-0.3, -0.25) is 14.4 Å². The molecular weight excluding hydrogens is 754 g/mol. The summed E-state index contributed by atoms with van der Waals surface area (Å²) in [6.45, 7) is 6.61. The van der Waals surface area contributed by atoms with Crippen LogP contribution in [-0.2, 0) is 0 Å². The van der Waals surface area contributed by atoms with Crippen molar-refractivity contribution in [1.82, 2.24) is 24.8 Å². The van der Waals surface area contributed by atoms with Gasteiger partial charge in [0, 0.05) is 87.0 Å². The highest BCUT2D eigenvalue weighted by Crippen LogP contribution is 2.50. The third-order valence-electron chi connectivity index (χ3n) is 12.5. The van der Waals surface area contributed by atoms with E-state index in [0.29, 0.717) is 52.8 Å². The van der Waals surface area contributed by atoms with Gasteiger partial charge in [-0.25, -0.2) is 4.79 Å². The first-order chi connectivity index (χ1) is 28.0. The summed E-state index contributed by atoms with van der Waals surface area (Å²) in [5, 5.41) is 19.0. The van der Waals surface area contributed by atoms with E-state index in [1.54, 1.807) is 53.4 Å². The number of carbonyl (C=O) groups excluding carboxylic acids is 4. The van der Waals surface area contributed by atoms with E-state index in [2.05, 4.69) is 37.5 Å². The predicted octanol–water partition coefficient (Wildman–Crippen LogP) is 9.46.